The summed E-state index contributed by atoms with van der Waals surface area (Å²) in [5.41, 5.74) is -0.978. The lowest BCUT2D eigenvalue weighted by Gasteiger charge is -2.29. The number of hydrogen-bond donors (Lipinski definition) is 3. The molecule has 1 aliphatic rings. The Morgan fingerprint density at radius 3 is 2.21 bits per heavy atom. The van der Waals surface area contributed by atoms with Gasteiger partial charge in [0.1, 0.15) is 11.6 Å². The van der Waals surface area contributed by atoms with E-state index in [0.717, 1.165) is 0 Å². The Kier molecular flexibility index (Phi) is 8.93. The second kappa shape index (κ2) is 10.3. The van der Waals surface area contributed by atoms with Crippen LogP contribution in [0.1, 0.15) is 60.8 Å². The Morgan fingerprint density at radius 1 is 1.14 bits per heavy atom. The van der Waals surface area contributed by atoms with Crippen molar-refractivity contribution < 1.29 is 23.9 Å². The van der Waals surface area contributed by atoms with E-state index in [-0.39, 0.29) is 35.3 Å². The molecule has 1 aliphatic heterocycles. The highest BCUT2D eigenvalue weighted by molar-refractivity contribution is 6.28. The zero-order valence-corrected chi connectivity index (χ0v) is 18.9. The van der Waals surface area contributed by atoms with Gasteiger partial charge in [-0.05, 0) is 45.4 Å². The average Bonchev–Trinajstić information content (AvgIpc) is 2.94. The largest absolute Gasteiger partial charge is 0.444 e. The van der Waals surface area contributed by atoms with E-state index >= 15 is 0 Å². The van der Waals surface area contributed by atoms with Crippen LogP contribution in [0.2, 0.25) is 0 Å². The third-order valence-electron chi connectivity index (χ3n) is 4.34. The van der Waals surface area contributed by atoms with Gasteiger partial charge in [-0.3, -0.25) is 14.4 Å². The maximum Gasteiger partial charge on any atom is 0.408 e. The Hall–Kier alpha value is -1.83. The van der Waals surface area contributed by atoms with Crippen LogP contribution in [0.5, 0.6) is 0 Å². The molecule has 166 valence electrons. The molecular weight excluding hydrogens is 398 g/mol. The number of ketones is 1. The molecule has 3 atom stereocenters. The first-order valence-electron chi connectivity index (χ1n) is 9.88. The molecule has 8 nitrogen and oxygen atoms in total. The zero-order chi connectivity index (χ0) is 22.4. The van der Waals surface area contributed by atoms with Crippen molar-refractivity contribution in [2.24, 2.45) is 11.3 Å². The fourth-order valence-corrected chi connectivity index (χ4v) is 3.25. The monoisotopic (exact) mass is 431 g/mol. The Bertz CT molecular complexity index is 625. The summed E-state index contributed by atoms with van der Waals surface area (Å²) in [6.07, 6.45) is 0.404. The molecule has 0 aliphatic carbocycles. The number of amides is 3. The number of halogens is 1. The van der Waals surface area contributed by atoms with Crippen LogP contribution in [0, 0.1) is 11.3 Å². The van der Waals surface area contributed by atoms with Crippen LogP contribution >= 0.6 is 11.6 Å². The fraction of sp³-hybridized carbons (Fsp3) is 0.800. The number of carbonyl (C=O) groups excluding carboxylic acids is 4. The van der Waals surface area contributed by atoms with E-state index in [0.29, 0.717) is 19.4 Å². The van der Waals surface area contributed by atoms with Crippen LogP contribution in [0.15, 0.2) is 0 Å². The Labute approximate surface area is 177 Å². The molecule has 1 fully saturated rings. The van der Waals surface area contributed by atoms with Crippen LogP contribution in [0.25, 0.3) is 0 Å². The van der Waals surface area contributed by atoms with E-state index in [1.165, 1.54) is 0 Å². The number of carbonyl (C=O) groups is 4. The minimum atomic E-state index is -0.895. The van der Waals surface area contributed by atoms with Crippen molar-refractivity contribution in [1.82, 2.24) is 16.0 Å². The number of alkyl halides is 1. The van der Waals surface area contributed by atoms with Gasteiger partial charge in [0.15, 0.2) is 5.78 Å². The van der Waals surface area contributed by atoms with Gasteiger partial charge in [-0.25, -0.2) is 4.79 Å². The van der Waals surface area contributed by atoms with E-state index in [9.17, 15) is 19.2 Å². The molecule has 1 rings (SSSR count). The Morgan fingerprint density at radius 2 is 1.76 bits per heavy atom. The van der Waals surface area contributed by atoms with E-state index < -0.39 is 29.7 Å². The minimum absolute atomic E-state index is 0.134. The van der Waals surface area contributed by atoms with Crippen LogP contribution < -0.4 is 16.0 Å². The van der Waals surface area contributed by atoms with E-state index in [1.54, 1.807) is 20.8 Å². The van der Waals surface area contributed by atoms with Crippen molar-refractivity contribution in [2.75, 3.05) is 12.4 Å². The summed E-state index contributed by atoms with van der Waals surface area (Å²) in [4.78, 5) is 49.3. The summed E-state index contributed by atoms with van der Waals surface area (Å²) >= 11 is 5.70. The molecule has 0 bridgehead atoms. The SMILES string of the molecule is CC(C)(C)C[C@H](NC(=O)OC(C)(C)C)C(=O)NC(CC1CCNC1=O)C(=O)CCl. The van der Waals surface area contributed by atoms with Crippen LogP contribution in [-0.4, -0.2) is 53.8 Å². The van der Waals surface area contributed by atoms with Crippen molar-refractivity contribution in [3.05, 3.63) is 0 Å². The maximum absolute atomic E-state index is 12.9. The summed E-state index contributed by atoms with van der Waals surface area (Å²) in [5.74, 6) is -1.64. The second-order valence-electron chi connectivity index (χ2n) is 9.64. The standard InChI is InChI=1S/C20H34ClN3O5/c1-19(2,3)10-14(24-18(28)29-20(4,5)6)17(27)23-13(15(25)11-21)9-12-7-8-22-16(12)26/h12-14H,7-11H2,1-6H3,(H,22,26)(H,23,27)(H,24,28)/t12?,13?,14-/m0/s1. The normalized spacial score (nSPS) is 19.1. The van der Waals surface area contributed by atoms with Crippen molar-refractivity contribution in [2.45, 2.75) is 78.5 Å². The molecule has 9 heteroatoms. The highest BCUT2D eigenvalue weighted by Gasteiger charge is 2.34. The number of hydrogen-bond acceptors (Lipinski definition) is 5. The third-order valence-corrected chi connectivity index (χ3v) is 4.61. The lowest BCUT2D eigenvalue weighted by molar-refractivity contribution is -0.130. The molecule has 1 saturated heterocycles. The highest BCUT2D eigenvalue weighted by Crippen LogP contribution is 2.22. The van der Waals surface area contributed by atoms with Crippen molar-refractivity contribution in [1.29, 1.82) is 0 Å². The van der Waals surface area contributed by atoms with Gasteiger partial charge >= 0.3 is 6.09 Å². The van der Waals surface area contributed by atoms with Crippen LogP contribution in [0.4, 0.5) is 4.79 Å². The summed E-state index contributed by atoms with van der Waals surface area (Å²) < 4.78 is 5.26. The predicted octanol–water partition coefficient (Wildman–Crippen LogP) is 2.13. The first kappa shape index (κ1) is 25.2. The molecule has 0 aromatic heterocycles. The number of Topliss-reactive ketones (excluding diaryl/α,β-unsaturated/α-hetero) is 1. The molecule has 2 unspecified atom stereocenters. The second-order valence-corrected chi connectivity index (χ2v) is 9.90. The van der Waals surface area contributed by atoms with E-state index in [4.69, 9.17) is 16.3 Å². The number of alkyl carbamates (subject to hydrolysis) is 1. The van der Waals surface area contributed by atoms with Gasteiger partial charge in [-0.2, -0.15) is 0 Å². The third kappa shape index (κ3) is 9.47. The first-order chi connectivity index (χ1) is 13.2. The van der Waals surface area contributed by atoms with E-state index in [1.807, 2.05) is 20.8 Å². The molecule has 3 amide bonds. The highest BCUT2D eigenvalue weighted by atomic mass is 35.5. The molecule has 1 heterocycles. The molecule has 0 saturated carbocycles. The van der Waals surface area contributed by atoms with Gasteiger partial charge in [0.2, 0.25) is 11.8 Å². The minimum Gasteiger partial charge on any atom is -0.444 e. The molecule has 0 spiro atoms. The van der Waals surface area contributed by atoms with Gasteiger partial charge in [0.25, 0.3) is 0 Å². The summed E-state index contributed by atoms with van der Waals surface area (Å²) in [7, 11) is 0. The van der Waals surface area contributed by atoms with Crippen molar-refractivity contribution >= 4 is 35.3 Å². The number of rotatable bonds is 8. The summed E-state index contributed by atoms with van der Waals surface area (Å²) in [6, 6.07) is -1.79. The van der Waals surface area contributed by atoms with Crippen LogP contribution in [0.3, 0.4) is 0 Å². The van der Waals surface area contributed by atoms with Crippen LogP contribution in [-0.2, 0) is 19.1 Å². The predicted molar refractivity (Wildman–Crippen MR) is 111 cm³/mol. The fourth-order valence-electron chi connectivity index (χ4n) is 3.06. The zero-order valence-electron chi connectivity index (χ0n) is 18.2. The average molecular weight is 432 g/mol. The lowest BCUT2D eigenvalue weighted by Crippen LogP contribution is -2.54. The van der Waals surface area contributed by atoms with E-state index in [2.05, 4.69) is 16.0 Å². The van der Waals surface area contributed by atoms with Crippen molar-refractivity contribution in [3.63, 3.8) is 0 Å². The molecular formula is C20H34ClN3O5. The first-order valence-corrected chi connectivity index (χ1v) is 10.4. The van der Waals surface area contributed by atoms with Gasteiger partial charge < -0.3 is 20.7 Å². The molecule has 0 aromatic rings. The summed E-state index contributed by atoms with van der Waals surface area (Å²) in [5, 5.41) is 8.00. The van der Waals surface area contributed by atoms with Gasteiger partial charge in [-0.1, -0.05) is 20.8 Å². The topological polar surface area (TPSA) is 114 Å². The maximum atomic E-state index is 12.9. The van der Waals surface area contributed by atoms with Gasteiger partial charge in [0.05, 0.1) is 11.9 Å². The Balaban J connectivity index is 2.91. The van der Waals surface area contributed by atoms with Gasteiger partial charge in [0, 0.05) is 12.5 Å². The number of nitrogens with one attached hydrogen (secondary N) is 3. The molecule has 0 aromatic carbocycles. The van der Waals surface area contributed by atoms with Crippen molar-refractivity contribution in [3.8, 4) is 0 Å². The molecule has 3 N–H and O–H groups in total. The number of ether oxygens (including phenoxy) is 1. The molecule has 29 heavy (non-hydrogen) atoms. The smallest absolute Gasteiger partial charge is 0.408 e. The quantitative estimate of drug-likeness (QED) is 0.509. The summed E-state index contributed by atoms with van der Waals surface area (Å²) in [6.45, 7) is 11.6. The van der Waals surface area contributed by atoms with Gasteiger partial charge in [-0.15, -0.1) is 11.6 Å². The lowest BCUT2D eigenvalue weighted by atomic mass is 9.87. The molecule has 0 radical (unpaired) electrons.